The number of nitrogens with zero attached hydrogens (tertiary/aromatic N) is 2. The van der Waals surface area contributed by atoms with Crippen LogP contribution in [-0.4, -0.2) is 43.1 Å². The summed E-state index contributed by atoms with van der Waals surface area (Å²) in [6.45, 7) is -0.651. The van der Waals surface area contributed by atoms with E-state index in [4.69, 9.17) is 15.5 Å². The van der Waals surface area contributed by atoms with Gasteiger partial charge in [0.1, 0.15) is 11.2 Å². The topological polar surface area (TPSA) is 145 Å². The predicted molar refractivity (Wildman–Crippen MR) is 71.2 cm³/mol. The van der Waals surface area contributed by atoms with Gasteiger partial charge in [-0.05, 0) is 6.07 Å². The summed E-state index contributed by atoms with van der Waals surface area (Å²) in [6.07, 6.45) is -0.808. The second-order valence-electron chi connectivity index (χ2n) is 4.15. The smallest absolute Gasteiger partial charge is 0.383 e. The van der Waals surface area contributed by atoms with Crippen LogP contribution in [0.4, 0.5) is 10.2 Å². The number of halogens is 1. The van der Waals surface area contributed by atoms with E-state index >= 15 is 0 Å². The number of hydrogen-bond acceptors (Lipinski definition) is 7. The highest BCUT2D eigenvalue weighted by Gasteiger charge is 2.45. The van der Waals surface area contributed by atoms with Gasteiger partial charge >= 0.3 is 13.5 Å². The first-order chi connectivity index (χ1) is 9.69. The van der Waals surface area contributed by atoms with Crippen molar-refractivity contribution < 1.29 is 28.1 Å². The van der Waals surface area contributed by atoms with Crippen LogP contribution in [0.25, 0.3) is 0 Å². The molecule has 21 heavy (non-hydrogen) atoms. The van der Waals surface area contributed by atoms with Gasteiger partial charge in [-0.25, -0.2) is 13.8 Å². The van der Waals surface area contributed by atoms with E-state index in [2.05, 4.69) is 9.51 Å². The van der Waals surface area contributed by atoms with Crippen LogP contribution < -0.4 is 11.4 Å². The van der Waals surface area contributed by atoms with Gasteiger partial charge in [-0.2, -0.15) is 4.98 Å². The van der Waals surface area contributed by atoms with Gasteiger partial charge in [-0.3, -0.25) is 13.9 Å². The number of phosphoric acid groups is 1. The Labute approximate surface area is 121 Å². The van der Waals surface area contributed by atoms with Crippen LogP contribution in [0.3, 0.4) is 0 Å². The van der Waals surface area contributed by atoms with Crippen LogP contribution in [0.15, 0.2) is 17.1 Å². The number of rotatable bonds is 4. The maximum atomic E-state index is 14.0. The standard InChI is InChI=1S/C9H11FN3O6PS/c10-6-7(14)4(3-19-20(16,17)18)21-8(6)13-2-1-5(11)12-9(13)15/h1-2,4,6,8H,3H2,(H2,11,12,15)(H2,16,17,18)/t4-,6+,8-/m1/s1. The van der Waals surface area contributed by atoms with Gasteiger partial charge in [0.05, 0.1) is 11.9 Å². The van der Waals surface area contributed by atoms with Gasteiger partial charge < -0.3 is 15.5 Å². The molecule has 0 aliphatic carbocycles. The maximum Gasteiger partial charge on any atom is 0.469 e. The molecule has 1 aliphatic heterocycles. The average molecular weight is 339 g/mol. The number of hydrogen-bond donors (Lipinski definition) is 3. The highest BCUT2D eigenvalue weighted by Crippen LogP contribution is 2.43. The van der Waals surface area contributed by atoms with Crippen LogP contribution in [0.5, 0.6) is 0 Å². The number of nitrogens with two attached hydrogens (primary N) is 1. The Balaban J connectivity index is 2.18. The van der Waals surface area contributed by atoms with Crippen molar-refractivity contribution in [1.82, 2.24) is 9.55 Å². The van der Waals surface area contributed by atoms with Crippen LogP contribution in [0.2, 0.25) is 0 Å². The van der Waals surface area contributed by atoms with E-state index in [-0.39, 0.29) is 5.82 Å². The van der Waals surface area contributed by atoms with Gasteiger partial charge in [0.25, 0.3) is 0 Å². The Morgan fingerprint density at radius 2 is 2.19 bits per heavy atom. The highest BCUT2D eigenvalue weighted by molar-refractivity contribution is 8.01. The molecule has 1 aromatic rings. The third kappa shape index (κ3) is 3.69. The lowest BCUT2D eigenvalue weighted by molar-refractivity contribution is -0.123. The van der Waals surface area contributed by atoms with Gasteiger partial charge in [0.15, 0.2) is 12.0 Å². The quantitative estimate of drug-likeness (QED) is 0.615. The van der Waals surface area contributed by atoms with Crippen molar-refractivity contribution in [3.8, 4) is 0 Å². The number of carbonyl (C=O) groups excluding carboxylic acids is 1. The van der Waals surface area contributed by atoms with Crippen molar-refractivity contribution >= 4 is 31.2 Å². The lowest BCUT2D eigenvalue weighted by atomic mass is 10.2. The minimum Gasteiger partial charge on any atom is -0.383 e. The first-order valence-electron chi connectivity index (χ1n) is 5.57. The average Bonchev–Trinajstić information content (AvgIpc) is 2.64. The summed E-state index contributed by atoms with van der Waals surface area (Å²) < 4.78 is 29.7. The van der Waals surface area contributed by atoms with Gasteiger partial charge in [-0.1, -0.05) is 0 Å². The number of alkyl halides is 1. The summed E-state index contributed by atoms with van der Waals surface area (Å²) in [5.41, 5.74) is 4.49. The number of thioether (sulfide) groups is 1. The van der Waals surface area contributed by atoms with E-state index in [0.29, 0.717) is 0 Å². The van der Waals surface area contributed by atoms with E-state index in [9.17, 15) is 18.5 Å². The maximum absolute atomic E-state index is 14.0. The third-order valence-electron chi connectivity index (χ3n) is 2.66. The van der Waals surface area contributed by atoms with Crippen molar-refractivity contribution in [2.24, 2.45) is 0 Å². The molecule has 0 aromatic carbocycles. The van der Waals surface area contributed by atoms with Crippen molar-refractivity contribution in [2.45, 2.75) is 16.8 Å². The molecule has 4 N–H and O–H groups in total. The highest BCUT2D eigenvalue weighted by atomic mass is 32.2. The van der Waals surface area contributed by atoms with E-state index in [0.717, 1.165) is 16.3 Å². The Kier molecular flexibility index (Phi) is 4.49. The zero-order chi connectivity index (χ0) is 15.8. The lowest BCUT2D eigenvalue weighted by Gasteiger charge is -2.14. The second-order valence-corrected chi connectivity index (χ2v) is 6.71. The number of anilines is 1. The summed E-state index contributed by atoms with van der Waals surface area (Å²) in [7, 11) is -4.76. The number of aromatic nitrogens is 2. The number of nitrogen functional groups attached to an aromatic ring is 1. The van der Waals surface area contributed by atoms with Crippen molar-refractivity contribution in [3.63, 3.8) is 0 Å². The second kappa shape index (κ2) is 5.85. The summed E-state index contributed by atoms with van der Waals surface area (Å²) in [5, 5.41) is -2.30. The third-order valence-corrected chi connectivity index (χ3v) is 4.59. The Hall–Kier alpha value is -1.26. The van der Waals surface area contributed by atoms with Crippen LogP contribution >= 0.6 is 19.6 Å². The molecule has 0 unspecified atom stereocenters. The van der Waals surface area contributed by atoms with E-state index in [1.807, 2.05) is 0 Å². The molecule has 1 fully saturated rings. The van der Waals surface area contributed by atoms with Crippen molar-refractivity contribution in [2.75, 3.05) is 12.3 Å². The Morgan fingerprint density at radius 3 is 2.76 bits per heavy atom. The first kappa shape index (κ1) is 16.1. The van der Waals surface area contributed by atoms with Crippen molar-refractivity contribution in [3.05, 3.63) is 22.7 Å². The van der Waals surface area contributed by atoms with Crippen molar-refractivity contribution in [1.29, 1.82) is 0 Å². The summed E-state index contributed by atoms with van der Waals surface area (Å²) in [6, 6.07) is 1.28. The fourth-order valence-electron chi connectivity index (χ4n) is 1.73. The molecular weight excluding hydrogens is 328 g/mol. The number of ketones is 1. The summed E-state index contributed by atoms with van der Waals surface area (Å²) >= 11 is 0.730. The molecule has 3 atom stereocenters. The molecule has 0 radical (unpaired) electrons. The van der Waals surface area contributed by atoms with Gasteiger partial charge in [-0.15, -0.1) is 11.8 Å². The molecule has 12 heteroatoms. The van der Waals surface area contributed by atoms with Crippen LogP contribution in [0, 0.1) is 0 Å². The molecule has 0 spiro atoms. The predicted octanol–water partition coefficient (Wildman–Crippen LogP) is -0.544. The zero-order valence-electron chi connectivity index (χ0n) is 10.3. The molecule has 1 aromatic heterocycles. The van der Waals surface area contributed by atoms with E-state index in [1.54, 1.807) is 0 Å². The lowest BCUT2D eigenvalue weighted by Crippen LogP contribution is -2.30. The van der Waals surface area contributed by atoms with Gasteiger partial charge in [0, 0.05) is 6.20 Å². The number of carbonyl (C=O) groups is 1. The van der Waals surface area contributed by atoms with E-state index < -0.39 is 42.7 Å². The normalized spacial score (nSPS) is 26.2. The van der Waals surface area contributed by atoms with E-state index in [1.165, 1.54) is 12.3 Å². The fraction of sp³-hybridized carbons (Fsp3) is 0.444. The molecule has 116 valence electrons. The molecule has 0 saturated carbocycles. The Bertz CT molecular complexity index is 663. The minimum absolute atomic E-state index is 0.0395. The fourth-order valence-corrected chi connectivity index (χ4v) is 3.49. The molecule has 2 rings (SSSR count). The molecule has 1 saturated heterocycles. The van der Waals surface area contributed by atoms with Crippen LogP contribution in [-0.2, 0) is 13.9 Å². The van der Waals surface area contributed by atoms with Gasteiger partial charge in [0.2, 0.25) is 0 Å². The first-order valence-corrected chi connectivity index (χ1v) is 8.04. The monoisotopic (exact) mass is 339 g/mol. The summed E-state index contributed by atoms with van der Waals surface area (Å²) in [5.74, 6) is -0.940. The molecule has 1 aliphatic rings. The minimum atomic E-state index is -4.76. The molecule has 0 bridgehead atoms. The Morgan fingerprint density at radius 1 is 1.52 bits per heavy atom. The van der Waals surface area contributed by atoms with Crippen LogP contribution in [0.1, 0.15) is 5.37 Å². The summed E-state index contributed by atoms with van der Waals surface area (Å²) in [4.78, 5) is 43.9. The number of Topliss-reactive ketones (excluding diaryl/α,β-unsaturated/α-hetero) is 1. The zero-order valence-corrected chi connectivity index (χ0v) is 12.0. The molecule has 2 heterocycles. The molecule has 0 amide bonds. The number of phosphoric ester groups is 1. The molecular formula is C9H11FN3O6PS. The molecule has 9 nitrogen and oxygen atoms in total. The largest absolute Gasteiger partial charge is 0.469 e. The SMILES string of the molecule is Nc1ccn([C@@H]2S[C@H](COP(=O)(O)O)C(=O)[C@@H]2F)c(=O)n1.